The van der Waals surface area contributed by atoms with E-state index in [0.717, 1.165) is 11.9 Å². The molecule has 0 aromatic heterocycles. The monoisotopic (exact) mass is 264 g/mol. The van der Waals surface area contributed by atoms with Crippen molar-refractivity contribution in [1.82, 2.24) is 15.5 Å². The molecule has 2 aliphatic carbocycles. The quantitative estimate of drug-likeness (QED) is 0.598. The number of nitrogens with one attached hydrogen (secondary N) is 2. The molecule has 4 heteroatoms. The second-order valence-corrected chi connectivity index (χ2v) is 6.51. The van der Waals surface area contributed by atoms with Gasteiger partial charge in [0.25, 0.3) is 0 Å². The molecule has 108 valence electrons. The van der Waals surface area contributed by atoms with Gasteiger partial charge in [0.1, 0.15) is 0 Å². The molecule has 0 spiro atoms. The van der Waals surface area contributed by atoms with E-state index in [1.807, 2.05) is 7.05 Å². The molecule has 4 nitrogen and oxygen atoms in total. The molecule has 1 saturated heterocycles. The van der Waals surface area contributed by atoms with Gasteiger partial charge in [-0.05, 0) is 50.9 Å². The molecular formula is C15H28N4. The Labute approximate surface area is 117 Å². The summed E-state index contributed by atoms with van der Waals surface area (Å²) in [5.41, 5.74) is 0. The van der Waals surface area contributed by atoms with E-state index in [-0.39, 0.29) is 0 Å². The lowest BCUT2D eigenvalue weighted by molar-refractivity contribution is 0.198. The molecular weight excluding hydrogens is 236 g/mol. The minimum atomic E-state index is 0.613. The molecule has 2 N–H and O–H groups in total. The van der Waals surface area contributed by atoms with Crippen LogP contribution in [-0.4, -0.2) is 49.6 Å². The maximum atomic E-state index is 4.36. The van der Waals surface area contributed by atoms with Gasteiger partial charge in [0.15, 0.2) is 5.96 Å². The average molecular weight is 264 g/mol. The summed E-state index contributed by atoms with van der Waals surface area (Å²) >= 11 is 0. The van der Waals surface area contributed by atoms with E-state index in [2.05, 4.69) is 20.5 Å². The van der Waals surface area contributed by atoms with Crippen molar-refractivity contribution in [3.05, 3.63) is 0 Å². The van der Waals surface area contributed by atoms with Gasteiger partial charge in [-0.25, -0.2) is 0 Å². The Kier molecular flexibility index (Phi) is 4.26. The second kappa shape index (κ2) is 6.12. The summed E-state index contributed by atoms with van der Waals surface area (Å²) in [4.78, 5) is 7.01. The maximum absolute atomic E-state index is 4.36. The van der Waals surface area contributed by atoms with Crippen molar-refractivity contribution < 1.29 is 0 Å². The van der Waals surface area contributed by atoms with Gasteiger partial charge >= 0.3 is 0 Å². The maximum Gasteiger partial charge on any atom is 0.191 e. The standard InChI is InChI=1S/C15H28N4/c1-16-15(17-13-3-2-4-13)18-14-7-9-19(10-8-14)11-12-5-6-12/h12-14H,2-11H2,1H3,(H2,16,17,18). The molecule has 0 atom stereocenters. The zero-order valence-electron chi connectivity index (χ0n) is 12.2. The van der Waals surface area contributed by atoms with Crippen LogP contribution in [0.25, 0.3) is 0 Å². The van der Waals surface area contributed by atoms with Gasteiger partial charge in [-0.2, -0.15) is 0 Å². The third-order valence-corrected chi connectivity index (χ3v) is 4.81. The molecule has 1 heterocycles. The molecule has 0 unspecified atom stereocenters. The molecule has 0 bridgehead atoms. The van der Waals surface area contributed by atoms with E-state index in [1.165, 1.54) is 64.6 Å². The lowest BCUT2D eigenvalue weighted by Crippen LogP contribution is -2.52. The Bertz CT molecular complexity index is 312. The van der Waals surface area contributed by atoms with Crippen molar-refractivity contribution in [2.24, 2.45) is 10.9 Å². The zero-order valence-corrected chi connectivity index (χ0v) is 12.2. The predicted molar refractivity (Wildman–Crippen MR) is 79.5 cm³/mol. The summed E-state index contributed by atoms with van der Waals surface area (Å²) in [6.07, 6.45) is 9.44. The number of guanidine groups is 1. The predicted octanol–water partition coefficient (Wildman–Crippen LogP) is 1.58. The highest BCUT2D eigenvalue weighted by atomic mass is 15.2. The lowest BCUT2D eigenvalue weighted by Gasteiger charge is -2.34. The van der Waals surface area contributed by atoms with Crippen LogP contribution in [0.1, 0.15) is 44.9 Å². The average Bonchev–Trinajstić information content (AvgIpc) is 3.18. The highest BCUT2D eigenvalue weighted by molar-refractivity contribution is 5.80. The summed E-state index contributed by atoms with van der Waals surface area (Å²) in [6.45, 7) is 3.87. The van der Waals surface area contributed by atoms with E-state index in [9.17, 15) is 0 Å². The number of piperidine rings is 1. The Morgan fingerprint density at radius 2 is 1.63 bits per heavy atom. The topological polar surface area (TPSA) is 39.7 Å². The van der Waals surface area contributed by atoms with Crippen molar-refractivity contribution in [1.29, 1.82) is 0 Å². The summed E-state index contributed by atoms with van der Waals surface area (Å²) in [5.74, 6) is 2.04. The second-order valence-electron chi connectivity index (χ2n) is 6.51. The SMILES string of the molecule is CN=C(NC1CCC1)NC1CCN(CC2CC2)CC1. The number of rotatable bonds is 4. The Balaban J connectivity index is 1.37. The van der Waals surface area contributed by atoms with Crippen LogP contribution in [0.3, 0.4) is 0 Å². The summed E-state index contributed by atoms with van der Waals surface area (Å²) < 4.78 is 0. The molecule has 0 aromatic rings. The Morgan fingerprint density at radius 3 is 2.11 bits per heavy atom. The lowest BCUT2D eigenvalue weighted by atomic mass is 9.93. The smallest absolute Gasteiger partial charge is 0.191 e. The van der Waals surface area contributed by atoms with Crippen LogP contribution < -0.4 is 10.6 Å². The van der Waals surface area contributed by atoms with Crippen LogP contribution in [-0.2, 0) is 0 Å². The van der Waals surface area contributed by atoms with E-state index in [0.29, 0.717) is 12.1 Å². The zero-order chi connectivity index (χ0) is 13.1. The summed E-state index contributed by atoms with van der Waals surface area (Å²) in [7, 11) is 1.89. The van der Waals surface area contributed by atoms with Gasteiger partial charge in [-0.3, -0.25) is 4.99 Å². The molecule has 19 heavy (non-hydrogen) atoms. The van der Waals surface area contributed by atoms with Gasteiger partial charge in [0.2, 0.25) is 0 Å². The Morgan fingerprint density at radius 1 is 1.00 bits per heavy atom. The molecule has 0 radical (unpaired) electrons. The van der Waals surface area contributed by atoms with E-state index in [1.54, 1.807) is 0 Å². The largest absolute Gasteiger partial charge is 0.354 e. The first-order valence-corrected chi connectivity index (χ1v) is 8.05. The molecule has 3 rings (SSSR count). The molecule has 1 aliphatic heterocycles. The minimum Gasteiger partial charge on any atom is -0.354 e. The first-order valence-electron chi connectivity index (χ1n) is 8.05. The van der Waals surface area contributed by atoms with E-state index < -0.39 is 0 Å². The normalized spacial score (nSPS) is 27.1. The minimum absolute atomic E-state index is 0.613. The number of nitrogens with zero attached hydrogens (tertiary/aromatic N) is 2. The molecule has 0 amide bonds. The fraction of sp³-hybridized carbons (Fsp3) is 0.933. The molecule has 3 fully saturated rings. The van der Waals surface area contributed by atoms with Crippen molar-refractivity contribution >= 4 is 5.96 Å². The van der Waals surface area contributed by atoms with E-state index in [4.69, 9.17) is 0 Å². The fourth-order valence-corrected chi connectivity index (χ4v) is 3.04. The van der Waals surface area contributed by atoms with Crippen molar-refractivity contribution in [2.75, 3.05) is 26.7 Å². The van der Waals surface area contributed by atoms with Crippen LogP contribution in [0.15, 0.2) is 4.99 Å². The molecule has 2 saturated carbocycles. The summed E-state index contributed by atoms with van der Waals surface area (Å²) in [5, 5.41) is 7.14. The van der Waals surface area contributed by atoms with Crippen molar-refractivity contribution in [3.8, 4) is 0 Å². The number of likely N-dealkylation sites (tertiary alicyclic amines) is 1. The third-order valence-electron chi connectivity index (χ3n) is 4.81. The van der Waals surface area contributed by atoms with Gasteiger partial charge in [-0.1, -0.05) is 0 Å². The van der Waals surface area contributed by atoms with Crippen molar-refractivity contribution in [2.45, 2.75) is 57.0 Å². The van der Waals surface area contributed by atoms with Crippen LogP contribution in [0, 0.1) is 5.92 Å². The number of aliphatic imine (C=N–C) groups is 1. The third kappa shape index (κ3) is 3.85. The summed E-state index contributed by atoms with van der Waals surface area (Å²) in [6, 6.07) is 1.28. The number of hydrogen-bond donors (Lipinski definition) is 2. The fourth-order valence-electron chi connectivity index (χ4n) is 3.04. The first kappa shape index (κ1) is 13.2. The molecule has 3 aliphatic rings. The van der Waals surface area contributed by atoms with Crippen LogP contribution in [0.5, 0.6) is 0 Å². The van der Waals surface area contributed by atoms with Crippen LogP contribution in [0.2, 0.25) is 0 Å². The van der Waals surface area contributed by atoms with Crippen molar-refractivity contribution in [3.63, 3.8) is 0 Å². The molecule has 0 aromatic carbocycles. The highest BCUT2D eigenvalue weighted by Gasteiger charge is 2.27. The first-order chi connectivity index (χ1) is 9.33. The Hall–Kier alpha value is -0.770. The van der Waals surface area contributed by atoms with E-state index >= 15 is 0 Å². The van der Waals surface area contributed by atoms with Crippen LogP contribution in [0.4, 0.5) is 0 Å². The highest BCUT2D eigenvalue weighted by Crippen LogP contribution is 2.30. The van der Waals surface area contributed by atoms with Crippen LogP contribution >= 0.6 is 0 Å². The van der Waals surface area contributed by atoms with Gasteiger partial charge < -0.3 is 15.5 Å². The van der Waals surface area contributed by atoms with Gasteiger partial charge in [0.05, 0.1) is 0 Å². The van der Waals surface area contributed by atoms with Gasteiger partial charge in [-0.15, -0.1) is 0 Å². The number of hydrogen-bond acceptors (Lipinski definition) is 2. The van der Waals surface area contributed by atoms with Gasteiger partial charge in [0, 0.05) is 38.8 Å².